The quantitative estimate of drug-likeness (QED) is 0.539. The molecule has 2 aromatic heterocycles. The van der Waals surface area contributed by atoms with Crippen LogP contribution in [0.3, 0.4) is 0 Å². The molecule has 0 fully saturated rings. The fraction of sp³-hybridized carbons (Fsp3) is 0.0556. The summed E-state index contributed by atoms with van der Waals surface area (Å²) in [4.78, 5) is 0.791. The fourth-order valence-corrected chi connectivity index (χ4v) is 3.36. The van der Waals surface area contributed by atoms with Gasteiger partial charge in [0, 0.05) is 11.4 Å². The van der Waals surface area contributed by atoms with Gasteiger partial charge in [-0.3, -0.25) is 0 Å². The van der Waals surface area contributed by atoms with E-state index in [0.717, 1.165) is 26.4 Å². The van der Waals surface area contributed by atoms with Crippen molar-refractivity contribution in [3.63, 3.8) is 0 Å². The molecule has 0 atom stereocenters. The molecule has 0 saturated heterocycles. The minimum Gasteiger partial charge on any atom is -0.187 e. The van der Waals surface area contributed by atoms with Gasteiger partial charge in [0.25, 0.3) is 0 Å². The molecule has 2 heterocycles. The van der Waals surface area contributed by atoms with E-state index in [0.29, 0.717) is 6.42 Å². The van der Waals surface area contributed by atoms with Gasteiger partial charge in [0.1, 0.15) is 5.01 Å². The molecule has 2 aromatic carbocycles. The Kier molecular flexibility index (Phi) is 4.11. The highest BCUT2D eigenvalue weighted by molar-refractivity contribution is 7.17. The van der Waals surface area contributed by atoms with E-state index in [4.69, 9.17) is 11.6 Å². The van der Waals surface area contributed by atoms with E-state index in [1.54, 1.807) is 0 Å². The van der Waals surface area contributed by atoms with Gasteiger partial charge in [-0.25, -0.2) is 0 Å². The maximum absolute atomic E-state index is 6.17. The van der Waals surface area contributed by atoms with Gasteiger partial charge in [-0.2, -0.15) is 9.61 Å². The van der Waals surface area contributed by atoms with Gasteiger partial charge in [-0.15, -0.1) is 10.2 Å². The molecule has 4 nitrogen and oxygen atoms in total. The third kappa shape index (κ3) is 3.09. The number of nitrogens with zero attached hydrogens (tertiary/aromatic N) is 4. The first-order valence-corrected chi connectivity index (χ1v) is 8.67. The van der Waals surface area contributed by atoms with Crippen molar-refractivity contribution >= 4 is 40.1 Å². The van der Waals surface area contributed by atoms with Crippen LogP contribution in [0, 0.1) is 0 Å². The molecule has 0 spiro atoms. The first kappa shape index (κ1) is 15.1. The van der Waals surface area contributed by atoms with Gasteiger partial charge in [-0.1, -0.05) is 77.5 Å². The molecule has 0 radical (unpaired) electrons. The minimum absolute atomic E-state index is 0.708. The summed E-state index contributed by atoms with van der Waals surface area (Å²) in [7, 11) is 0. The van der Waals surface area contributed by atoms with Gasteiger partial charge < -0.3 is 0 Å². The van der Waals surface area contributed by atoms with Crippen LogP contribution in [0.4, 0.5) is 0 Å². The van der Waals surface area contributed by atoms with Crippen LogP contribution in [0.2, 0.25) is 5.02 Å². The molecule has 4 rings (SSSR count). The zero-order chi connectivity index (χ0) is 16.4. The second-order valence-corrected chi connectivity index (χ2v) is 6.66. The summed E-state index contributed by atoms with van der Waals surface area (Å²) < 4.78 is 1.81. The number of halogens is 1. The lowest BCUT2D eigenvalue weighted by Gasteiger charge is -1.97. The van der Waals surface area contributed by atoms with Gasteiger partial charge in [-0.05, 0) is 23.3 Å². The lowest BCUT2D eigenvalue weighted by molar-refractivity contribution is 0.848. The summed E-state index contributed by atoms with van der Waals surface area (Å²) in [5.41, 5.74) is 2.16. The molecule has 0 saturated carbocycles. The van der Waals surface area contributed by atoms with Gasteiger partial charge >= 0.3 is 0 Å². The average Bonchev–Trinajstić information content (AvgIpc) is 3.17. The van der Waals surface area contributed by atoms with E-state index in [1.807, 2.05) is 59.1 Å². The highest BCUT2D eigenvalue weighted by Crippen LogP contribution is 2.21. The van der Waals surface area contributed by atoms with E-state index in [1.165, 1.54) is 16.9 Å². The number of fused-ring (bicyclic) bond motifs is 1. The Morgan fingerprint density at radius 1 is 0.958 bits per heavy atom. The van der Waals surface area contributed by atoms with Crippen molar-refractivity contribution in [2.75, 3.05) is 0 Å². The summed E-state index contributed by atoms with van der Waals surface area (Å²) in [5, 5.41) is 14.6. The summed E-state index contributed by atoms with van der Waals surface area (Å²) in [6.45, 7) is 0. The lowest BCUT2D eigenvalue weighted by atomic mass is 10.1. The van der Waals surface area contributed by atoms with Gasteiger partial charge in [0.15, 0.2) is 5.82 Å². The van der Waals surface area contributed by atoms with Crippen LogP contribution in [-0.4, -0.2) is 19.8 Å². The fourth-order valence-electron chi connectivity index (χ4n) is 2.40. The lowest BCUT2D eigenvalue weighted by Crippen LogP contribution is -1.97. The van der Waals surface area contributed by atoms with Gasteiger partial charge in [0.2, 0.25) is 4.96 Å². The molecule has 0 amide bonds. The third-order valence-corrected chi connectivity index (χ3v) is 4.80. The molecular weight excluding hydrogens is 340 g/mol. The Bertz CT molecular complexity index is 1000. The Hall–Kier alpha value is -2.50. The topological polar surface area (TPSA) is 43.1 Å². The van der Waals surface area contributed by atoms with Crippen molar-refractivity contribution in [3.05, 3.63) is 81.6 Å². The minimum atomic E-state index is 0.708. The molecule has 0 N–H and O–H groups in total. The average molecular weight is 353 g/mol. The Labute approximate surface area is 148 Å². The molecule has 24 heavy (non-hydrogen) atoms. The van der Waals surface area contributed by atoms with E-state index < -0.39 is 0 Å². The smallest absolute Gasteiger partial charge is 0.187 e. The number of rotatable bonds is 4. The van der Waals surface area contributed by atoms with Crippen molar-refractivity contribution in [1.82, 2.24) is 19.8 Å². The predicted octanol–water partition coefficient (Wildman–Crippen LogP) is 4.60. The van der Waals surface area contributed by atoms with Crippen molar-refractivity contribution in [2.45, 2.75) is 6.42 Å². The molecule has 4 aromatic rings. The largest absolute Gasteiger partial charge is 0.234 e. The highest BCUT2D eigenvalue weighted by Gasteiger charge is 2.11. The summed E-state index contributed by atoms with van der Waals surface area (Å²) >= 11 is 7.67. The monoisotopic (exact) mass is 352 g/mol. The molecular formula is C18H13ClN4S. The van der Waals surface area contributed by atoms with Crippen molar-refractivity contribution < 1.29 is 0 Å². The molecule has 0 aliphatic carbocycles. The Morgan fingerprint density at radius 2 is 1.75 bits per heavy atom. The van der Waals surface area contributed by atoms with Crippen molar-refractivity contribution in [1.29, 1.82) is 0 Å². The van der Waals surface area contributed by atoms with Crippen LogP contribution in [0.5, 0.6) is 0 Å². The van der Waals surface area contributed by atoms with Crippen LogP contribution >= 0.6 is 22.9 Å². The summed E-state index contributed by atoms with van der Waals surface area (Å²) in [6, 6.07) is 17.9. The van der Waals surface area contributed by atoms with E-state index in [9.17, 15) is 0 Å². The number of benzene rings is 2. The summed E-state index contributed by atoms with van der Waals surface area (Å²) in [6.07, 6.45) is 4.62. The molecule has 0 unspecified atom stereocenters. The van der Waals surface area contributed by atoms with Crippen LogP contribution in [0.1, 0.15) is 22.0 Å². The maximum Gasteiger partial charge on any atom is 0.234 e. The second kappa shape index (κ2) is 6.55. The third-order valence-electron chi connectivity index (χ3n) is 3.59. The zero-order valence-electron chi connectivity index (χ0n) is 12.6. The first-order valence-electron chi connectivity index (χ1n) is 7.47. The SMILES string of the molecule is Clc1ccccc1/C=C/c1nn2c(Cc3ccccc3)nnc2s1. The molecule has 0 aliphatic rings. The van der Waals surface area contributed by atoms with Crippen LogP contribution < -0.4 is 0 Å². The maximum atomic E-state index is 6.17. The molecule has 0 aliphatic heterocycles. The van der Waals surface area contributed by atoms with Crippen LogP contribution in [0.25, 0.3) is 17.1 Å². The first-order chi connectivity index (χ1) is 11.8. The van der Waals surface area contributed by atoms with E-state index >= 15 is 0 Å². The van der Waals surface area contributed by atoms with E-state index in [2.05, 4.69) is 27.4 Å². The normalized spacial score (nSPS) is 11.5. The molecule has 6 heteroatoms. The number of aromatic nitrogens is 4. The molecule has 118 valence electrons. The standard InChI is InChI=1S/C18H13ClN4S/c19-15-9-5-4-8-14(15)10-11-17-22-23-16(20-21-18(23)24-17)12-13-6-2-1-3-7-13/h1-11H,12H2/b11-10+. The summed E-state index contributed by atoms with van der Waals surface area (Å²) in [5.74, 6) is 0.838. The van der Waals surface area contributed by atoms with E-state index in [-0.39, 0.29) is 0 Å². The Balaban J connectivity index is 1.61. The number of hydrogen-bond donors (Lipinski definition) is 0. The second-order valence-electron chi connectivity index (χ2n) is 5.27. The highest BCUT2D eigenvalue weighted by atomic mass is 35.5. The number of hydrogen-bond acceptors (Lipinski definition) is 4. The van der Waals surface area contributed by atoms with Crippen molar-refractivity contribution in [2.24, 2.45) is 0 Å². The van der Waals surface area contributed by atoms with Gasteiger partial charge in [0.05, 0.1) is 0 Å². The zero-order valence-corrected chi connectivity index (χ0v) is 14.2. The Morgan fingerprint density at radius 3 is 2.58 bits per heavy atom. The predicted molar refractivity (Wildman–Crippen MR) is 98.3 cm³/mol. The molecule has 0 bridgehead atoms. The van der Waals surface area contributed by atoms with Crippen molar-refractivity contribution in [3.8, 4) is 0 Å². The van der Waals surface area contributed by atoms with Crippen LogP contribution in [0.15, 0.2) is 54.6 Å². The van der Waals surface area contributed by atoms with Crippen LogP contribution in [-0.2, 0) is 6.42 Å².